The van der Waals surface area contributed by atoms with Crippen molar-refractivity contribution in [1.29, 1.82) is 0 Å². The van der Waals surface area contributed by atoms with E-state index >= 15 is 0 Å². The van der Waals surface area contributed by atoms with Crippen LogP contribution in [-0.2, 0) is 39.6 Å². The van der Waals surface area contributed by atoms with Gasteiger partial charge in [-0.2, -0.15) is 0 Å². The van der Waals surface area contributed by atoms with Crippen LogP contribution < -0.4 is 28.4 Å². The maximum absolute atomic E-state index is 12.2. The van der Waals surface area contributed by atoms with Gasteiger partial charge < -0.3 is 28.4 Å². The molecule has 0 bridgehead atoms. The van der Waals surface area contributed by atoms with Crippen LogP contribution in [0.25, 0.3) is 0 Å². The molecule has 0 radical (unpaired) electrons. The predicted octanol–water partition coefficient (Wildman–Crippen LogP) is 10.0. The van der Waals surface area contributed by atoms with Crippen molar-refractivity contribution < 1.29 is 57.2 Å². The summed E-state index contributed by atoms with van der Waals surface area (Å²) >= 11 is 0. The van der Waals surface area contributed by atoms with Crippen LogP contribution in [0.2, 0.25) is 0 Å². The van der Waals surface area contributed by atoms with Crippen LogP contribution >= 0.6 is 0 Å². The first-order valence-corrected chi connectivity index (χ1v) is 20.7. The molecule has 0 fully saturated rings. The molecule has 0 atom stereocenters. The summed E-state index contributed by atoms with van der Waals surface area (Å²) in [5.41, 5.74) is 4.66. The van der Waals surface area contributed by atoms with Gasteiger partial charge in [-0.05, 0) is 72.8 Å². The van der Waals surface area contributed by atoms with Gasteiger partial charge in [0.2, 0.25) is 0 Å². The van der Waals surface area contributed by atoms with Gasteiger partial charge in [0.1, 0.15) is 74.1 Å². The fourth-order valence-electron chi connectivity index (χ4n) is 7.29. The lowest BCUT2D eigenvalue weighted by molar-refractivity contribution is 0.111. The van der Waals surface area contributed by atoms with E-state index in [1.807, 2.05) is 0 Å². The van der Waals surface area contributed by atoms with Gasteiger partial charge in [0.15, 0.2) is 37.7 Å². The number of benzene rings is 7. The smallest absolute Gasteiger partial charge is 0.153 e. The van der Waals surface area contributed by atoms with Crippen LogP contribution in [0, 0.1) is 0 Å². The van der Waals surface area contributed by atoms with Crippen LogP contribution in [0.1, 0.15) is 95.5 Å². The number of carbonyl (C=O) groups excluding carboxylic acids is 6. The molecule has 0 saturated carbocycles. The molecule has 330 valence electrons. The highest BCUT2D eigenvalue weighted by atomic mass is 16.5. The van der Waals surface area contributed by atoms with Gasteiger partial charge in [0, 0.05) is 33.4 Å². The van der Waals surface area contributed by atoms with E-state index < -0.39 is 0 Å². The Labute approximate surface area is 380 Å². The van der Waals surface area contributed by atoms with E-state index in [1.54, 1.807) is 146 Å². The summed E-state index contributed by atoms with van der Waals surface area (Å²) in [5.74, 6) is 1.65. The van der Waals surface area contributed by atoms with E-state index in [2.05, 4.69) is 0 Å². The van der Waals surface area contributed by atoms with E-state index in [4.69, 9.17) is 28.4 Å². The first kappa shape index (κ1) is 45.4. The summed E-state index contributed by atoms with van der Waals surface area (Å²) in [6, 6.07) is 40.3. The van der Waals surface area contributed by atoms with Crippen molar-refractivity contribution in [2.75, 3.05) is 0 Å². The first-order valence-electron chi connectivity index (χ1n) is 20.7. The molecule has 0 unspecified atom stereocenters. The summed E-state index contributed by atoms with van der Waals surface area (Å²) in [6.45, 7) is -1.18. The molecule has 0 aliphatic heterocycles. The van der Waals surface area contributed by atoms with Gasteiger partial charge in [0.05, 0.1) is 33.4 Å². The van der Waals surface area contributed by atoms with Gasteiger partial charge >= 0.3 is 0 Å². The lowest BCUT2D eigenvalue weighted by atomic mass is 9.87. The van der Waals surface area contributed by atoms with Crippen molar-refractivity contribution in [3.8, 4) is 34.5 Å². The zero-order valence-corrected chi connectivity index (χ0v) is 35.5. The second-order valence-corrected chi connectivity index (χ2v) is 14.5. The molecule has 0 aliphatic rings. The normalized spacial score (nSPS) is 10.5. The molecular weight excluding hydrogens is 841 g/mol. The van der Waals surface area contributed by atoms with Crippen molar-refractivity contribution in [3.63, 3.8) is 0 Å². The second kappa shape index (κ2) is 22.6. The topological polar surface area (TPSA) is 158 Å². The Morgan fingerprint density at radius 1 is 0.227 bits per heavy atom. The Hall–Kier alpha value is -8.64. The van der Waals surface area contributed by atoms with E-state index in [-0.39, 0.29) is 108 Å². The Balaban J connectivity index is 1.52. The fraction of sp³-hybridized carbons (Fsp3) is 0.111. The molecule has 66 heavy (non-hydrogen) atoms. The Kier molecular flexibility index (Phi) is 15.6. The highest BCUT2D eigenvalue weighted by Crippen LogP contribution is 2.36. The molecule has 12 heteroatoms. The Morgan fingerprint density at radius 2 is 0.364 bits per heavy atom. The number of para-hydroxylation sites is 6. The highest BCUT2D eigenvalue weighted by Gasteiger charge is 2.28. The molecule has 0 saturated heterocycles. The number of hydrogen-bond donors (Lipinski definition) is 0. The highest BCUT2D eigenvalue weighted by molar-refractivity contribution is 5.82. The fourth-order valence-corrected chi connectivity index (χ4v) is 7.29. The van der Waals surface area contributed by atoms with Gasteiger partial charge in [0.25, 0.3) is 0 Å². The molecule has 7 rings (SSSR count). The SMILES string of the molecule is O=Cc1ccccc1OCc1c(COc2ccccc2C=O)c(COc2ccccc2C=O)c(COc2ccccc2C=O)c(COc2ccccc2C=O)c1COc1ccccc1C=O. The number of aldehydes is 6. The molecule has 0 aromatic heterocycles. The Bertz CT molecular complexity index is 2350. The average molecular weight is 883 g/mol. The third-order valence-electron chi connectivity index (χ3n) is 10.7. The second-order valence-electron chi connectivity index (χ2n) is 14.5. The van der Waals surface area contributed by atoms with Crippen LogP contribution in [0.15, 0.2) is 146 Å². The summed E-state index contributed by atoms with van der Waals surface area (Å²) in [7, 11) is 0. The van der Waals surface area contributed by atoms with Crippen LogP contribution in [0.4, 0.5) is 0 Å². The minimum Gasteiger partial charge on any atom is -0.488 e. The van der Waals surface area contributed by atoms with Gasteiger partial charge in [-0.25, -0.2) is 0 Å². The minimum atomic E-state index is -0.197. The summed E-state index contributed by atoms with van der Waals surface area (Å²) < 4.78 is 39.0. The van der Waals surface area contributed by atoms with Crippen molar-refractivity contribution >= 4 is 37.7 Å². The standard InChI is InChI=1S/C54H42O12/c55-25-37-13-1-7-19-49(37)61-31-43-44(32-62-50-20-8-2-14-38(50)26-56)46(34-64-52-22-10-4-16-40(52)28-58)48(36-66-54-24-12-6-18-42(54)30-60)47(35-65-53-23-11-5-17-41(53)29-59)45(43)33-63-51-21-9-3-15-39(51)27-57/h1-30H,31-36H2. The molecule has 0 amide bonds. The van der Waals surface area contributed by atoms with Gasteiger partial charge in [-0.1, -0.05) is 72.8 Å². The molecule has 0 heterocycles. The minimum absolute atomic E-state index is 0.197. The number of carbonyl (C=O) groups is 6. The number of hydrogen-bond acceptors (Lipinski definition) is 12. The predicted molar refractivity (Wildman–Crippen MR) is 243 cm³/mol. The van der Waals surface area contributed by atoms with E-state index in [0.717, 1.165) is 0 Å². The zero-order valence-electron chi connectivity index (χ0n) is 35.5. The van der Waals surface area contributed by atoms with Crippen LogP contribution in [-0.4, -0.2) is 37.7 Å². The zero-order chi connectivity index (χ0) is 46.1. The maximum atomic E-state index is 12.2. The molecule has 0 aliphatic carbocycles. The first-order chi connectivity index (χ1) is 32.5. The molecule has 12 nitrogen and oxygen atoms in total. The summed E-state index contributed by atoms with van der Waals surface area (Å²) in [4.78, 5) is 73.5. The number of ether oxygens (including phenoxy) is 6. The lowest BCUT2D eigenvalue weighted by Crippen LogP contribution is -2.22. The molecule has 0 spiro atoms. The van der Waals surface area contributed by atoms with E-state index in [0.29, 0.717) is 71.1 Å². The Morgan fingerprint density at radius 3 is 0.500 bits per heavy atom. The third kappa shape index (κ3) is 10.7. The number of rotatable bonds is 24. The monoisotopic (exact) mass is 882 g/mol. The summed E-state index contributed by atoms with van der Waals surface area (Å²) in [6.07, 6.45) is 4.09. The molecular formula is C54H42O12. The van der Waals surface area contributed by atoms with Crippen LogP contribution in [0.3, 0.4) is 0 Å². The quantitative estimate of drug-likeness (QED) is 0.0530. The van der Waals surface area contributed by atoms with Crippen molar-refractivity contribution in [2.45, 2.75) is 39.6 Å². The molecule has 0 N–H and O–H groups in total. The molecule has 7 aromatic rings. The average Bonchev–Trinajstić information content (AvgIpc) is 3.37. The largest absolute Gasteiger partial charge is 0.488 e. The third-order valence-corrected chi connectivity index (χ3v) is 10.7. The molecule has 7 aromatic carbocycles. The van der Waals surface area contributed by atoms with Gasteiger partial charge in [-0.15, -0.1) is 0 Å². The van der Waals surface area contributed by atoms with Crippen LogP contribution in [0.5, 0.6) is 34.5 Å². The van der Waals surface area contributed by atoms with Crippen molar-refractivity contribution in [2.24, 2.45) is 0 Å². The summed E-state index contributed by atoms with van der Waals surface area (Å²) in [5, 5.41) is 0. The van der Waals surface area contributed by atoms with Crippen molar-refractivity contribution in [1.82, 2.24) is 0 Å². The van der Waals surface area contributed by atoms with E-state index in [9.17, 15) is 28.8 Å². The van der Waals surface area contributed by atoms with Crippen molar-refractivity contribution in [3.05, 3.63) is 212 Å². The lowest BCUT2D eigenvalue weighted by Gasteiger charge is -2.28. The van der Waals surface area contributed by atoms with Gasteiger partial charge in [-0.3, -0.25) is 28.8 Å². The van der Waals surface area contributed by atoms with E-state index in [1.165, 1.54) is 0 Å². The maximum Gasteiger partial charge on any atom is 0.153 e.